The van der Waals surface area contributed by atoms with Crippen molar-refractivity contribution in [1.29, 1.82) is 0 Å². The third kappa shape index (κ3) is 4.53. The summed E-state index contributed by atoms with van der Waals surface area (Å²) in [5.41, 5.74) is 8.20. The third-order valence-corrected chi connectivity index (χ3v) is 4.17. The number of nitrogens with one attached hydrogen (secondary N) is 2. The summed E-state index contributed by atoms with van der Waals surface area (Å²) in [7, 11) is 5.53. The molecule has 144 valence electrons. The SMILES string of the molecule is CNC(=O)OC1Nc2ccc(Oc3ccc(N)cc3)cc2N1CCN(C)C. The van der Waals surface area contributed by atoms with Gasteiger partial charge in [0.05, 0.1) is 11.4 Å². The fourth-order valence-electron chi connectivity index (χ4n) is 2.74. The second kappa shape index (κ2) is 8.05. The molecule has 2 aromatic carbocycles. The minimum absolute atomic E-state index is 0.492. The van der Waals surface area contributed by atoms with Gasteiger partial charge in [-0.3, -0.25) is 0 Å². The molecule has 1 unspecified atom stereocenters. The third-order valence-electron chi connectivity index (χ3n) is 4.17. The highest BCUT2D eigenvalue weighted by molar-refractivity contribution is 5.78. The monoisotopic (exact) mass is 371 g/mol. The summed E-state index contributed by atoms with van der Waals surface area (Å²) in [5.74, 6) is 1.39. The van der Waals surface area contributed by atoms with E-state index < -0.39 is 12.4 Å². The molecule has 8 heteroatoms. The van der Waals surface area contributed by atoms with Gasteiger partial charge in [0.2, 0.25) is 0 Å². The Morgan fingerprint density at radius 2 is 1.93 bits per heavy atom. The second-order valence-corrected chi connectivity index (χ2v) is 6.50. The molecule has 0 spiro atoms. The Hall–Kier alpha value is -3.13. The number of amides is 1. The number of benzene rings is 2. The number of likely N-dealkylation sites (N-methyl/N-ethyl adjacent to an activating group) is 1. The molecule has 1 amide bonds. The summed E-state index contributed by atoms with van der Waals surface area (Å²) in [6, 6.07) is 12.9. The highest BCUT2D eigenvalue weighted by Crippen LogP contribution is 2.38. The minimum atomic E-state index is -0.577. The van der Waals surface area contributed by atoms with Crippen LogP contribution in [0.5, 0.6) is 11.5 Å². The molecular weight excluding hydrogens is 346 g/mol. The fraction of sp³-hybridized carbons (Fsp3) is 0.316. The van der Waals surface area contributed by atoms with Crippen LogP contribution in [0.2, 0.25) is 0 Å². The molecule has 0 saturated heterocycles. The smallest absolute Gasteiger partial charge is 0.410 e. The molecule has 3 rings (SSSR count). The summed E-state index contributed by atoms with van der Waals surface area (Å²) < 4.78 is 11.4. The number of hydrogen-bond donors (Lipinski definition) is 3. The minimum Gasteiger partial charge on any atom is -0.457 e. The number of fused-ring (bicyclic) bond motifs is 1. The van der Waals surface area contributed by atoms with Crippen molar-refractivity contribution in [3.63, 3.8) is 0 Å². The predicted octanol–water partition coefficient (Wildman–Crippen LogP) is 2.49. The zero-order valence-electron chi connectivity index (χ0n) is 15.7. The van der Waals surface area contributed by atoms with Gasteiger partial charge < -0.3 is 35.6 Å². The Morgan fingerprint density at radius 1 is 1.22 bits per heavy atom. The van der Waals surface area contributed by atoms with E-state index in [1.165, 1.54) is 7.05 Å². The van der Waals surface area contributed by atoms with Crippen LogP contribution in [-0.2, 0) is 4.74 Å². The Morgan fingerprint density at radius 3 is 2.59 bits per heavy atom. The number of rotatable bonds is 6. The first-order valence-electron chi connectivity index (χ1n) is 8.70. The van der Waals surface area contributed by atoms with Crippen LogP contribution in [-0.4, -0.2) is 51.6 Å². The Labute approximate surface area is 158 Å². The van der Waals surface area contributed by atoms with Crippen LogP contribution in [0.15, 0.2) is 42.5 Å². The van der Waals surface area contributed by atoms with Gasteiger partial charge in [0.15, 0.2) is 0 Å². The summed E-state index contributed by atoms with van der Waals surface area (Å²) >= 11 is 0. The highest BCUT2D eigenvalue weighted by atomic mass is 16.6. The Kier molecular flexibility index (Phi) is 5.56. The van der Waals surface area contributed by atoms with E-state index >= 15 is 0 Å². The normalized spacial score (nSPS) is 15.3. The molecule has 27 heavy (non-hydrogen) atoms. The molecule has 0 aliphatic carbocycles. The van der Waals surface area contributed by atoms with Crippen molar-refractivity contribution in [2.24, 2.45) is 0 Å². The molecule has 0 aromatic heterocycles. The summed E-state index contributed by atoms with van der Waals surface area (Å²) in [4.78, 5) is 15.8. The average molecular weight is 371 g/mol. The predicted molar refractivity (Wildman–Crippen MR) is 106 cm³/mol. The largest absolute Gasteiger partial charge is 0.457 e. The molecule has 0 radical (unpaired) electrons. The van der Waals surface area contributed by atoms with E-state index in [0.29, 0.717) is 23.7 Å². The molecule has 0 bridgehead atoms. The first-order chi connectivity index (χ1) is 13.0. The van der Waals surface area contributed by atoms with Crippen molar-refractivity contribution in [2.45, 2.75) is 6.35 Å². The number of hydrogen-bond acceptors (Lipinski definition) is 7. The van der Waals surface area contributed by atoms with Crippen LogP contribution >= 0.6 is 0 Å². The molecule has 0 fully saturated rings. The zero-order chi connectivity index (χ0) is 19.4. The molecule has 1 aliphatic heterocycles. The van der Waals surface area contributed by atoms with Gasteiger partial charge >= 0.3 is 6.09 Å². The standard InChI is InChI=1S/C19H25N5O3/c1-21-19(25)27-18-22-16-9-8-15(26-14-6-4-13(20)5-7-14)12-17(16)24(18)11-10-23(2)3/h4-9,12,18,22H,10-11,20H2,1-3H3,(H,21,25). The van der Waals surface area contributed by atoms with Crippen LogP contribution in [0.3, 0.4) is 0 Å². The average Bonchev–Trinajstić information content (AvgIpc) is 2.98. The van der Waals surface area contributed by atoms with Crippen molar-refractivity contribution < 1.29 is 14.3 Å². The fourth-order valence-corrected chi connectivity index (χ4v) is 2.74. The van der Waals surface area contributed by atoms with Crippen molar-refractivity contribution in [3.05, 3.63) is 42.5 Å². The van der Waals surface area contributed by atoms with E-state index in [-0.39, 0.29) is 0 Å². The van der Waals surface area contributed by atoms with Crippen LogP contribution in [0.4, 0.5) is 21.9 Å². The van der Waals surface area contributed by atoms with Crippen molar-refractivity contribution in [3.8, 4) is 11.5 Å². The van der Waals surface area contributed by atoms with Gasteiger partial charge in [-0.1, -0.05) is 0 Å². The van der Waals surface area contributed by atoms with E-state index in [9.17, 15) is 4.79 Å². The van der Waals surface area contributed by atoms with E-state index in [0.717, 1.165) is 17.9 Å². The molecule has 1 heterocycles. The first-order valence-corrected chi connectivity index (χ1v) is 8.70. The maximum Gasteiger partial charge on any atom is 0.410 e. The van der Waals surface area contributed by atoms with Gasteiger partial charge in [0.1, 0.15) is 11.5 Å². The number of carbonyl (C=O) groups is 1. The lowest BCUT2D eigenvalue weighted by Gasteiger charge is -2.27. The molecule has 1 atom stereocenters. The van der Waals surface area contributed by atoms with Crippen molar-refractivity contribution >= 4 is 23.2 Å². The number of nitrogens with two attached hydrogens (primary N) is 1. The zero-order valence-corrected chi connectivity index (χ0v) is 15.7. The Bertz CT molecular complexity index is 794. The molecule has 0 saturated carbocycles. The van der Waals surface area contributed by atoms with Crippen LogP contribution in [0.1, 0.15) is 0 Å². The van der Waals surface area contributed by atoms with E-state index in [1.54, 1.807) is 12.1 Å². The second-order valence-electron chi connectivity index (χ2n) is 6.50. The number of anilines is 3. The number of nitrogen functional groups attached to an aromatic ring is 1. The number of ether oxygens (including phenoxy) is 2. The summed E-state index contributed by atoms with van der Waals surface area (Å²) in [5, 5.41) is 5.70. The van der Waals surface area contributed by atoms with Gasteiger partial charge in [0, 0.05) is 31.9 Å². The summed E-state index contributed by atoms with van der Waals surface area (Å²) in [6.45, 7) is 1.48. The molecular formula is C19H25N5O3. The van der Waals surface area contributed by atoms with Crippen LogP contribution in [0, 0.1) is 0 Å². The van der Waals surface area contributed by atoms with Crippen LogP contribution in [0.25, 0.3) is 0 Å². The van der Waals surface area contributed by atoms with Gasteiger partial charge in [-0.15, -0.1) is 0 Å². The van der Waals surface area contributed by atoms with Gasteiger partial charge in [0.25, 0.3) is 6.35 Å². The maximum atomic E-state index is 11.7. The van der Waals surface area contributed by atoms with Crippen molar-refractivity contribution in [2.75, 3.05) is 50.2 Å². The Balaban J connectivity index is 1.82. The lowest BCUT2D eigenvalue weighted by Crippen LogP contribution is -2.44. The number of alkyl carbamates (subject to hydrolysis) is 1. The molecule has 8 nitrogen and oxygen atoms in total. The molecule has 4 N–H and O–H groups in total. The van der Waals surface area contributed by atoms with Crippen LogP contribution < -0.4 is 26.0 Å². The lowest BCUT2D eigenvalue weighted by molar-refractivity contribution is 0.112. The number of carbonyl (C=O) groups excluding carboxylic acids is 1. The van der Waals surface area contributed by atoms with Gasteiger partial charge in [-0.25, -0.2) is 4.79 Å². The molecule has 2 aromatic rings. The van der Waals surface area contributed by atoms with Gasteiger partial charge in [-0.2, -0.15) is 0 Å². The first kappa shape index (κ1) is 18.7. The quantitative estimate of drug-likeness (QED) is 0.672. The topological polar surface area (TPSA) is 92.1 Å². The van der Waals surface area contributed by atoms with Crippen molar-refractivity contribution in [1.82, 2.24) is 10.2 Å². The van der Waals surface area contributed by atoms with E-state index in [2.05, 4.69) is 15.5 Å². The lowest BCUT2D eigenvalue weighted by atomic mass is 10.2. The maximum absolute atomic E-state index is 11.7. The highest BCUT2D eigenvalue weighted by Gasteiger charge is 2.31. The van der Waals surface area contributed by atoms with E-state index in [4.69, 9.17) is 15.2 Å². The van der Waals surface area contributed by atoms with E-state index in [1.807, 2.05) is 49.3 Å². The molecule has 1 aliphatic rings. The number of nitrogens with zero attached hydrogens (tertiary/aromatic N) is 2. The van der Waals surface area contributed by atoms with Gasteiger partial charge in [-0.05, 0) is 50.5 Å². The summed E-state index contributed by atoms with van der Waals surface area (Å²) in [6.07, 6.45) is -1.07.